The first-order valence-electron chi connectivity index (χ1n) is 11.0. The fourth-order valence-electron chi connectivity index (χ4n) is 4.21. The summed E-state index contributed by atoms with van der Waals surface area (Å²) in [6.07, 6.45) is 8.71. The summed E-state index contributed by atoms with van der Waals surface area (Å²) < 4.78 is 0. The molecule has 0 nitrogen and oxygen atoms in total. The van der Waals surface area contributed by atoms with E-state index < -0.39 is 0 Å². The van der Waals surface area contributed by atoms with Crippen molar-refractivity contribution in [1.29, 1.82) is 0 Å². The molecule has 168 valence electrons. The zero-order valence-corrected chi connectivity index (χ0v) is 24.5. The second kappa shape index (κ2) is 12.5. The number of benzene rings is 3. The molecule has 0 bridgehead atoms. The summed E-state index contributed by atoms with van der Waals surface area (Å²) in [5, 5.41) is 0. The van der Waals surface area contributed by atoms with E-state index in [1.807, 2.05) is 0 Å². The minimum atomic E-state index is 0. The molecule has 4 heteroatoms. The molecule has 2 aliphatic carbocycles. The van der Waals surface area contributed by atoms with Crippen LogP contribution in [0.3, 0.4) is 0 Å². The Hall–Kier alpha value is -1.18. The Morgan fingerprint density at radius 2 is 1.61 bits per heavy atom. The van der Waals surface area contributed by atoms with E-state index in [4.69, 9.17) is 0 Å². The second-order valence-electron chi connectivity index (χ2n) is 9.29. The van der Waals surface area contributed by atoms with Gasteiger partial charge in [-0.1, -0.05) is 74.4 Å². The fourth-order valence-corrected chi connectivity index (χ4v) is 6.45. The standard InChI is InChI=1S/C22H21.C7H8Si.2ClH.Zr/c1-22(2,3)19-10-8-16(14-19)15-9-11-21-18(12-15)13-17-6-4-5-7-20(17)21;8-6-7-4-2-1-3-5-7;;;/h4-11,14,16H,13H2,1-3H3;1-5,8H,6H2;2*1H;/q-1;;;;+2/p-2. The first-order chi connectivity index (χ1) is 15.0. The average Bonchev–Trinajstić information content (AvgIpc) is 3.40. The van der Waals surface area contributed by atoms with Crippen LogP contribution in [0.15, 0.2) is 90.5 Å². The van der Waals surface area contributed by atoms with Crippen LogP contribution in [0, 0.1) is 11.5 Å². The first kappa shape index (κ1) is 28.1. The van der Waals surface area contributed by atoms with Crippen LogP contribution in [0.2, 0.25) is 0 Å². The van der Waals surface area contributed by atoms with Crippen molar-refractivity contribution in [2.45, 2.75) is 39.2 Å². The van der Waals surface area contributed by atoms with Crippen LogP contribution in [0.1, 0.15) is 48.9 Å². The molecule has 0 heterocycles. The third kappa shape index (κ3) is 6.92. The topological polar surface area (TPSA) is 0 Å². The summed E-state index contributed by atoms with van der Waals surface area (Å²) in [6.45, 7) is 6.82. The van der Waals surface area contributed by atoms with Crippen molar-refractivity contribution in [3.8, 4) is 11.1 Å². The van der Waals surface area contributed by atoms with Crippen molar-refractivity contribution < 1.29 is 48.1 Å². The van der Waals surface area contributed by atoms with Crippen LogP contribution in [0.5, 0.6) is 0 Å². The van der Waals surface area contributed by atoms with Crippen molar-refractivity contribution in [2.75, 3.05) is 0 Å². The van der Waals surface area contributed by atoms with E-state index in [-0.39, 0.29) is 30.2 Å². The van der Waals surface area contributed by atoms with E-state index in [1.165, 1.54) is 45.0 Å². The molecule has 0 N–H and O–H groups in total. The Kier molecular flexibility index (Phi) is 10.6. The van der Waals surface area contributed by atoms with Gasteiger partial charge in [-0.25, -0.2) is 0 Å². The predicted molar refractivity (Wildman–Crippen MR) is 130 cm³/mol. The van der Waals surface area contributed by atoms with Gasteiger partial charge in [0.2, 0.25) is 0 Å². The molecular formula is C29H29Cl2SiZr-. The average molecular weight is 568 g/mol. The quantitative estimate of drug-likeness (QED) is 0.254. The predicted octanol–water partition coefficient (Wildman–Crippen LogP) is 0.777. The van der Waals surface area contributed by atoms with E-state index in [0.29, 0.717) is 12.1 Å². The molecule has 0 amide bonds. The molecule has 0 spiro atoms. The van der Waals surface area contributed by atoms with Crippen LogP contribution >= 0.6 is 0 Å². The van der Waals surface area contributed by atoms with Crippen LogP contribution in [0.25, 0.3) is 11.1 Å². The van der Waals surface area contributed by atoms with Gasteiger partial charge in [0.25, 0.3) is 0 Å². The second-order valence-corrected chi connectivity index (χ2v) is 13.1. The number of halogens is 2. The molecule has 1 unspecified atom stereocenters. The van der Waals surface area contributed by atoms with Gasteiger partial charge in [0.1, 0.15) is 0 Å². The van der Waals surface area contributed by atoms with Crippen molar-refractivity contribution in [3.05, 3.63) is 119 Å². The molecule has 0 radical (unpaired) electrons. The Balaban J connectivity index is 0.000000300. The Morgan fingerprint density at radius 1 is 0.909 bits per heavy atom. The molecule has 33 heavy (non-hydrogen) atoms. The summed E-state index contributed by atoms with van der Waals surface area (Å²) in [5.41, 5.74) is 9.97. The molecule has 0 aliphatic heterocycles. The maximum absolute atomic E-state index is 3.69. The van der Waals surface area contributed by atoms with Crippen molar-refractivity contribution >= 4 is 6.16 Å². The van der Waals surface area contributed by atoms with Gasteiger partial charge in [0, 0.05) is 0 Å². The summed E-state index contributed by atoms with van der Waals surface area (Å²) in [7, 11) is 0. The molecule has 2 aliphatic rings. The number of rotatable bonds is 3. The fraction of sp³-hybridized carbons (Fsp3) is 0.241. The minimum absolute atomic E-state index is 0. The number of hydrogen-bond acceptors (Lipinski definition) is 0. The Labute approximate surface area is 227 Å². The number of fused-ring (bicyclic) bond motifs is 3. The molecule has 0 aromatic heterocycles. The Morgan fingerprint density at radius 3 is 2.27 bits per heavy atom. The third-order valence-corrected chi connectivity index (χ3v) is 8.15. The zero-order valence-electron chi connectivity index (χ0n) is 19.4. The maximum atomic E-state index is 3.69. The van der Waals surface area contributed by atoms with Gasteiger partial charge in [-0.3, -0.25) is 0 Å². The molecule has 3 aromatic rings. The first-order valence-corrected chi connectivity index (χ1v) is 16.7. The third-order valence-electron chi connectivity index (χ3n) is 5.97. The summed E-state index contributed by atoms with van der Waals surface area (Å²) in [4.78, 5) is 0. The van der Waals surface area contributed by atoms with Gasteiger partial charge in [-0.15, -0.1) is 11.1 Å². The monoisotopic (exact) mass is 565 g/mol. The number of allylic oxidation sites excluding steroid dienone is 4. The van der Waals surface area contributed by atoms with Crippen molar-refractivity contribution in [2.24, 2.45) is 5.41 Å². The van der Waals surface area contributed by atoms with Crippen LogP contribution < -0.4 is 24.8 Å². The van der Waals surface area contributed by atoms with E-state index in [2.05, 4.69) is 112 Å². The molecule has 1 atom stereocenters. The van der Waals surface area contributed by atoms with E-state index in [9.17, 15) is 0 Å². The van der Waals surface area contributed by atoms with Gasteiger partial charge in [0.15, 0.2) is 0 Å². The molecule has 0 fully saturated rings. The molecular weight excluding hydrogens is 539 g/mol. The molecule has 5 rings (SSSR count). The van der Waals surface area contributed by atoms with Crippen LogP contribution in [-0.2, 0) is 35.8 Å². The van der Waals surface area contributed by atoms with Crippen LogP contribution in [-0.4, -0.2) is 6.16 Å². The normalized spacial score (nSPS) is 15.2. The SMILES string of the molecule is CC(C)(C)C1=CC(c2[c-]c3c(cc2)-c2ccccc2C3)C=C1.[Cl-].[Cl-].[Zr+2]=[SiH]Cc1ccccc1. The van der Waals surface area contributed by atoms with Crippen molar-refractivity contribution in [3.63, 3.8) is 0 Å². The van der Waals surface area contributed by atoms with Gasteiger partial charge in [-0.2, -0.15) is 23.8 Å². The molecule has 3 aromatic carbocycles. The zero-order chi connectivity index (χ0) is 21.8. The van der Waals surface area contributed by atoms with Crippen LogP contribution in [0.4, 0.5) is 0 Å². The summed E-state index contributed by atoms with van der Waals surface area (Å²) in [5.74, 6) is 0.378. The Bertz CT molecular complexity index is 1140. The summed E-state index contributed by atoms with van der Waals surface area (Å²) >= 11 is 1.72. The van der Waals surface area contributed by atoms with Gasteiger partial charge in [-0.05, 0) is 23.3 Å². The number of hydrogen-bond donors (Lipinski definition) is 0. The molecule has 0 saturated carbocycles. The molecule has 0 saturated heterocycles. The van der Waals surface area contributed by atoms with Crippen molar-refractivity contribution in [1.82, 2.24) is 0 Å². The van der Waals surface area contributed by atoms with E-state index in [0.717, 1.165) is 6.42 Å². The van der Waals surface area contributed by atoms with Gasteiger partial charge >= 0.3 is 71.4 Å². The van der Waals surface area contributed by atoms with Gasteiger partial charge < -0.3 is 24.8 Å². The van der Waals surface area contributed by atoms with E-state index in [1.54, 1.807) is 23.3 Å². The van der Waals surface area contributed by atoms with Gasteiger partial charge in [0.05, 0.1) is 0 Å². The van der Waals surface area contributed by atoms with E-state index >= 15 is 0 Å². The summed E-state index contributed by atoms with van der Waals surface area (Å²) in [6, 6.07) is 29.0.